The van der Waals surface area contributed by atoms with Gasteiger partial charge in [0, 0.05) is 25.6 Å². The zero-order valence-corrected chi connectivity index (χ0v) is 14.2. The van der Waals surface area contributed by atoms with Gasteiger partial charge >= 0.3 is 5.97 Å². The molecule has 0 aliphatic carbocycles. The molecule has 1 aromatic heterocycles. The molecular weight excluding hydrogens is 336 g/mol. The lowest BCUT2D eigenvalue weighted by atomic mass is 9.95. The Kier molecular flexibility index (Phi) is 5.36. The van der Waals surface area contributed by atoms with Gasteiger partial charge in [0.15, 0.2) is 5.76 Å². The molecule has 1 aliphatic heterocycles. The molecule has 2 heterocycles. The number of hydrogen-bond acceptors (Lipinski definition) is 4. The smallest absolute Gasteiger partial charge is 0.371 e. The normalized spacial score (nSPS) is 14.8. The van der Waals surface area contributed by atoms with Gasteiger partial charge in [-0.05, 0) is 30.5 Å². The van der Waals surface area contributed by atoms with Crippen LogP contribution in [0.1, 0.15) is 39.5 Å². The van der Waals surface area contributed by atoms with Crippen molar-refractivity contribution in [3.63, 3.8) is 0 Å². The molecule has 1 aliphatic rings. The molecule has 2 amide bonds. The van der Waals surface area contributed by atoms with Gasteiger partial charge < -0.3 is 19.7 Å². The summed E-state index contributed by atoms with van der Waals surface area (Å²) >= 11 is 0. The van der Waals surface area contributed by atoms with E-state index in [1.54, 1.807) is 4.90 Å². The van der Waals surface area contributed by atoms with Gasteiger partial charge in [0.1, 0.15) is 0 Å². The van der Waals surface area contributed by atoms with Crippen LogP contribution in [-0.4, -0.2) is 40.9 Å². The van der Waals surface area contributed by atoms with E-state index < -0.39 is 5.97 Å². The van der Waals surface area contributed by atoms with E-state index in [9.17, 15) is 14.4 Å². The predicted octanol–water partition coefficient (Wildman–Crippen LogP) is 2.15. The molecule has 2 aromatic rings. The van der Waals surface area contributed by atoms with Crippen molar-refractivity contribution >= 4 is 17.8 Å². The van der Waals surface area contributed by atoms with Gasteiger partial charge in [-0.25, -0.2) is 4.79 Å². The highest BCUT2D eigenvalue weighted by Crippen LogP contribution is 2.20. The van der Waals surface area contributed by atoms with E-state index >= 15 is 0 Å². The second kappa shape index (κ2) is 7.86. The molecule has 1 fully saturated rings. The molecule has 1 aromatic carbocycles. The number of rotatable bonds is 5. The lowest BCUT2D eigenvalue weighted by Crippen LogP contribution is -2.42. The number of piperidine rings is 1. The number of furan rings is 1. The second-order valence-electron chi connectivity index (χ2n) is 6.24. The largest absolute Gasteiger partial charge is 0.475 e. The maximum Gasteiger partial charge on any atom is 0.371 e. The highest BCUT2D eigenvalue weighted by molar-refractivity contribution is 5.93. The number of amides is 2. The average Bonchev–Trinajstić information content (AvgIpc) is 3.17. The Morgan fingerprint density at radius 2 is 1.69 bits per heavy atom. The van der Waals surface area contributed by atoms with E-state index in [0.717, 1.165) is 5.56 Å². The molecule has 26 heavy (non-hydrogen) atoms. The van der Waals surface area contributed by atoms with Crippen LogP contribution >= 0.6 is 0 Å². The summed E-state index contributed by atoms with van der Waals surface area (Å²) in [7, 11) is 0. The Balaban J connectivity index is 1.49. The third-order valence-electron chi connectivity index (χ3n) is 4.49. The van der Waals surface area contributed by atoms with E-state index in [0.29, 0.717) is 32.5 Å². The summed E-state index contributed by atoms with van der Waals surface area (Å²) in [5, 5.41) is 11.8. The van der Waals surface area contributed by atoms with Gasteiger partial charge in [-0.3, -0.25) is 9.59 Å². The third-order valence-corrected chi connectivity index (χ3v) is 4.49. The van der Waals surface area contributed by atoms with E-state index in [4.69, 9.17) is 9.52 Å². The number of carbonyl (C=O) groups excluding carboxylic acids is 2. The Morgan fingerprint density at radius 1 is 1.04 bits per heavy atom. The molecule has 7 nitrogen and oxygen atoms in total. The first kappa shape index (κ1) is 17.7. The number of carboxylic acids is 1. The Labute approximate surface area is 150 Å². The fourth-order valence-electron chi connectivity index (χ4n) is 3.00. The van der Waals surface area contributed by atoms with Crippen LogP contribution in [0, 0.1) is 5.92 Å². The number of carboxylic acid groups (broad SMARTS) is 1. The fraction of sp³-hybridized carbons (Fsp3) is 0.316. The molecule has 0 atom stereocenters. The first-order valence-corrected chi connectivity index (χ1v) is 8.48. The summed E-state index contributed by atoms with van der Waals surface area (Å²) in [6.45, 7) is 1.36. The number of benzene rings is 1. The summed E-state index contributed by atoms with van der Waals surface area (Å²) < 4.78 is 5.05. The Bertz CT molecular complexity index is 791. The van der Waals surface area contributed by atoms with Crippen molar-refractivity contribution in [2.75, 3.05) is 13.1 Å². The summed E-state index contributed by atoms with van der Waals surface area (Å²) in [6.07, 6.45) is 1.14. The van der Waals surface area contributed by atoms with Crippen LogP contribution in [0.3, 0.4) is 0 Å². The molecule has 0 unspecified atom stereocenters. The molecule has 1 saturated heterocycles. The van der Waals surface area contributed by atoms with Crippen LogP contribution in [0.2, 0.25) is 0 Å². The maximum absolute atomic E-state index is 12.4. The minimum Gasteiger partial charge on any atom is -0.475 e. The van der Waals surface area contributed by atoms with Crippen molar-refractivity contribution in [3.05, 3.63) is 59.5 Å². The average molecular weight is 356 g/mol. The fourth-order valence-corrected chi connectivity index (χ4v) is 3.00. The molecular formula is C19H20N2O5. The SMILES string of the molecule is O=C(O)c1ccc(C(=O)N2CCC(C(=O)NCc3ccccc3)CC2)o1. The molecule has 7 heteroatoms. The van der Waals surface area contributed by atoms with Crippen molar-refractivity contribution in [1.29, 1.82) is 0 Å². The second-order valence-corrected chi connectivity index (χ2v) is 6.24. The number of carbonyl (C=O) groups is 3. The summed E-state index contributed by atoms with van der Waals surface area (Å²) in [5.74, 6) is -1.95. The number of nitrogens with zero attached hydrogens (tertiary/aromatic N) is 1. The topological polar surface area (TPSA) is 99.9 Å². The molecule has 2 N–H and O–H groups in total. The van der Waals surface area contributed by atoms with E-state index in [1.165, 1.54) is 12.1 Å². The molecule has 0 bridgehead atoms. The van der Waals surface area contributed by atoms with Crippen molar-refractivity contribution < 1.29 is 23.9 Å². The minimum absolute atomic E-state index is 0.00730. The van der Waals surface area contributed by atoms with Crippen LogP contribution < -0.4 is 5.32 Å². The van der Waals surface area contributed by atoms with Gasteiger partial charge in [0.05, 0.1) is 0 Å². The molecule has 3 rings (SSSR count). The van der Waals surface area contributed by atoms with Crippen molar-refractivity contribution in [2.45, 2.75) is 19.4 Å². The van der Waals surface area contributed by atoms with Gasteiger partial charge in [0.25, 0.3) is 5.91 Å². The molecule has 0 spiro atoms. The van der Waals surface area contributed by atoms with Gasteiger partial charge in [-0.1, -0.05) is 30.3 Å². The minimum atomic E-state index is -1.21. The van der Waals surface area contributed by atoms with Crippen LogP contribution in [0.15, 0.2) is 46.9 Å². The van der Waals surface area contributed by atoms with Crippen LogP contribution in [0.5, 0.6) is 0 Å². The van der Waals surface area contributed by atoms with E-state index in [-0.39, 0.29) is 29.3 Å². The number of hydrogen-bond donors (Lipinski definition) is 2. The first-order valence-electron chi connectivity index (χ1n) is 8.48. The monoisotopic (exact) mass is 356 g/mol. The van der Waals surface area contributed by atoms with Crippen molar-refractivity contribution in [1.82, 2.24) is 10.2 Å². The number of nitrogens with one attached hydrogen (secondary N) is 1. The molecule has 0 saturated carbocycles. The summed E-state index contributed by atoms with van der Waals surface area (Å²) in [4.78, 5) is 37.1. The lowest BCUT2D eigenvalue weighted by Gasteiger charge is -2.30. The highest BCUT2D eigenvalue weighted by atomic mass is 16.4. The number of aromatic carboxylic acids is 1. The highest BCUT2D eigenvalue weighted by Gasteiger charge is 2.29. The zero-order valence-electron chi connectivity index (χ0n) is 14.2. The van der Waals surface area contributed by atoms with Gasteiger partial charge in [-0.2, -0.15) is 0 Å². The Morgan fingerprint density at radius 3 is 2.31 bits per heavy atom. The van der Waals surface area contributed by atoms with Gasteiger partial charge in [-0.15, -0.1) is 0 Å². The molecule has 136 valence electrons. The van der Waals surface area contributed by atoms with E-state index in [1.807, 2.05) is 30.3 Å². The maximum atomic E-state index is 12.4. The molecule has 0 radical (unpaired) electrons. The van der Waals surface area contributed by atoms with Crippen molar-refractivity contribution in [3.8, 4) is 0 Å². The van der Waals surface area contributed by atoms with Crippen LogP contribution in [0.25, 0.3) is 0 Å². The standard InChI is InChI=1S/C19H20N2O5/c22-17(20-12-13-4-2-1-3-5-13)14-8-10-21(11-9-14)18(23)15-6-7-16(26-15)19(24)25/h1-7,14H,8-12H2,(H,20,22)(H,24,25). The van der Waals surface area contributed by atoms with Crippen LogP contribution in [0.4, 0.5) is 0 Å². The third kappa shape index (κ3) is 4.11. The summed E-state index contributed by atoms with van der Waals surface area (Å²) in [5.41, 5.74) is 1.04. The van der Waals surface area contributed by atoms with E-state index in [2.05, 4.69) is 5.32 Å². The summed E-state index contributed by atoms with van der Waals surface area (Å²) in [6, 6.07) is 12.3. The zero-order chi connectivity index (χ0) is 18.5. The predicted molar refractivity (Wildman–Crippen MR) is 92.6 cm³/mol. The van der Waals surface area contributed by atoms with Crippen LogP contribution in [-0.2, 0) is 11.3 Å². The first-order chi connectivity index (χ1) is 12.5. The van der Waals surface area contributed by atoms with Gasteiger partial charge in [0.2, 0.25) is 11.7 Å². The lowest BCUT2D eigenvalue weighted by molar-refractivity contribution is -0.126. The quantitative estimate of drug-likeness (QED) is 0.855. The Hall–Kier alpha value is -3.09. The van der Waals surface area contributed by atoms with Crippen molar-refractivity contribution in [2.24, 2.45) is 5.92 Å². The number of likely N-dealkylation sites (tertiary alicyclic amines) is 1.